The Morgan fingerprint density at radius 2 is 1.15 bits per heavy atom. The lowest BCUT2D eigenvalue weighted by Crippen LogP contribution is -1.92. The number of aliphatic hydroxyl groups is 2. The molecule has 0 bridgehead atoms. The lowest BCUT2D eigenvalue weighted by molar-refractivity contribution is 0.275. The van der Waals surface area contributed by atoms with Crippen molar-refractivity contribution in [2.24, 2.45) is 0 Å². The molecule has 0 aliphatic carbocycles. The van der Waals surface area contributed by atoms with Crippen LogP contribution in [0.2, 0.25) is 0 Å². The fourth-order valence-electron chi connectivity index (χ4n) is 4.09. The first kappa shape index (κ1) is 15.3. The first-order valence-electron chi connectivity index (χ1n) is 8.80. The fourth-order valence-corrected chi connectivity index (χ4v) is 4.09. The van der Waals surface area contributed by atoms with E-state index in [9.17, 15) is 10.2 Å². The van der Waals surface area contributed by atoms with Gasteiger partial charge in [0.25, 0.3) is 0 Å². The Balaban J connectivity index is 1.90. The molecule has 0 saturated heterocycles. The molecule has 0 unspecified atom stereocenters. The van der Waals surface area contributed by atoms with Gasteiger partial charge in [0.1, 0.15) is 0 Å². The number of hydrogen-bond donors (Lipinski definition) is 2. The number of benzene rings is 5. The van der Waals surface area contributed by atoms with Crippen LogP contribution in [0.5, 0.6) is 0 Å². The van der Waals surface area contributed by atoms with Gasteiger partial charge in [-0.2, -0.15) is 0 Å². The summed E-state index contributed by atoms with van der Waals surface area (Å²) in [5, 5.41) is 26.7. The molecule has 5 aromatic rings. The van der Waals surface area contributed by atoms with Crippen LogP contribution in [0.25, 0.3) is 43.4 Å². The molecule has 0 fully saturated rings. The third-order valence-electron chi connectivity index (χ3n) is 5.26. The number of aliphatic hydroxyl groups excluding tert-OH is 2. The van der Waals surface area contributed by atoms with Crippen molar-refractivity contribution in [2.75, 3.05) is 0 Å². The molecular formula is C24H18O2. The summed E-state index contributed by atoms with van der Waals surface area (Å²) in [4.78, 5) is 0. The Labute approximate surface area is 151 Å². The van der Waals surface area contributed by atoms with Crippen molar-refractivity contribution in [1.82, 2.24) is 0 Å². The molecule has 2 heteroatoms. The van der Waals surface area contributed by atoms with Crippen LogP contribution in [0.3, 0.4) is 0 Å². The number of hydrogen-bond acceptors (Lipinski definition) is 2. The minimum atomic E-state index is -0.0350. The Hall–Kier alpha value is -2.94. The van der Waals surface area contributed by atoms with Crippen LogP contribution in [0.15, 0.2) is 72.8 Å². The monoisotopic (exact) mass is 338 g/mol. The molecule has 2 nitrogen and oxygen atoms in total. The first-order chi connectivity index (χ1) is 12.8. The van der Waals surface area contributed by atoms with Crippen molar-refractivity contribution in [1.29, 1.82) is 0 Å². The molecule has 0 amide bonds. The Morgan fingerprint density at radius 1 is 0.577 bits per heavy atom. The highest BCUT2D eigenvalue weighted by molar-refractivity contribution is 6.25. The highest BCUT2D eigenvalue weighted by atomic mass is 16.3. The minimum Gasteiger partial charge on any atom is -0.392 e. The molecule has 0 radical (unpaired) electrons. The molecule has 26 heavy (non-hydrogen) atoms. The van der Waals surface area contributed by atoms with Crippen molar-refractivity contribution in [3.63, 3.8) is 0 Å². The maximum Gasteiger partial charge on any atom is 0.0682 e. The van der Waals surface area contributed by atoms with Gasteiger partial charge in [-0.15, -0.1) is 0 Å². The van der Waals surface area contributed by atoms with Gasteiger partial charge in [-0.25, -0.2) is 0 Å². The smallest absolute Gasteiger partial charge is 0.0682 e. The molecule has 0 aromatic heterocycles. The maximum atomic E-state index is 9.58. The van der Waals surface area contributed by atoms with E-state index >= 15 is 0 Å². The topological polar surface area (TPSA) is 40.5 Å². The molecule has 5 rings (SSSR count). The fraction of sp³-hybridized carbons (Fsp3) is 0.0833. The van der Waals surface area contributed by atoms with Crippen molar-refractivity contribution in [3.05, 3.63) is 83.9 Å². The Kier molecular flexibility index (Phi) is 3.42. The average Bonchev–Trinajstić information content (AvgIpc) is 2.71. The number of rotatable bonds is 3. The summed E-state index contributed by atoms with van der Waals surface area (Å²) in [5.74, 6) is 0. The molecule has 0 heterocycles. The summed E-state index contributed by atoms with van der Waals surface area (Å²) in [6.45, 7) is -0.0701. The van der Waals surface area contributed by atoms with Crippen molar-refractivity contribution in [3.8, 4) is 11.1 Å². The van der Waals surface area contributed by atoms with Crippen LogP contribution in [0, 0.1) is 0 Å². The van der Waals surface area contributed by atoms with Crippen molar-refractivity contribution < 1.29 is 10.2 Å². The predicted molar refractivity (Wildman–Crippen MR) is 107 cm³/mol. The van der Waals surface area contributed by atoms with E-state index < -0.39 is 0 Å². The van der Waals surface area contributed by atoms with Gasteiger partial charge in [-0.05, 0) is 66.7 Å². The molecule has 5 aromatic carbocycles. The lowest BCUT2D eigenvalue weighted by Gasteiger charge is -2.15. The molecule has 0 aliphatic heterocycles. The van der Waals surface area contributed by atoms with E-state index in [1.807, 2.05) is 18.2 Å². The van der Waals surface area contributed by atoms with Crippen LogP contribution in [0.1, 0.15) is 11.1 Å². The summed E-state index contributed by atoms with van der Waals surface area (Å²) in [6.07, 6.45) is 0. The third-order valence-corrected chi connectivity index (χ3v) is 5.26. The largest absolute Gasteiger partial charge is 0.392 e. The van der Waals surface area contributed by atoms with E-state index in [4.69, 9.17) is 0 Å². The maximum absolute atomic E-state index is 9.58. The van der Waals surface area contributed by atoms with E-state index in [0.29, 0.717) is 0 Å². The molecule has 0 aliphatic rings. The standard InChI is InChI=1S/C24H18O2/c25-13-15-10-16(14-26)12-20(11-15)21-8-6-19-5-4-17-2-1-3-18-7-9-22(21)24(19)23(17)18/h1-12,25-26H,13-14H2. The summed E-state index contributed by atoms with van der Waals surface area (Å²) < 4.78 is 0. The molecule has 0 saturated carbocycles. The van der Waals surface area contributed by atoms with Crippen molar-refractivity contribution >= 4 is 32.3 Å². The van der Waals surface area contributed by atoms with Crippen LogP contribution in [0.4, 0.5) is 0 Å². The second kappa shape index (κ2) is 5.80. The quantitative estimate of drug-likeness (QED) is 0.442. The van der Waals surface area contributed by atoms with Gasteiger partial charge in [0.15, 0.2) is 0 Å². The van der Waals surface area contributed by atoms with E-state index in [1.54, 1.807) is 0 Å². The molecule has 2 N–H and O–H groups in total. The summed E-state index contributed by atoms with van der Waals surface area (Å²) in [5.41, 5.74) is 3.79. The van der Waals surface area contributed by atoms with Gasteiger partial charge in [0.2, 0.25) is 0 Å². The van der Waals surface area contributed by atoms with Gasteiger partial charge in [-0.3, -0.25) is 0 Å². The zero-order valence-electron chi connectivity index (χ0n) is 14.2. The van der Waals surface area contributed by atoms with E-state index in [0.717, 1.165) is 22.3 Å². The summed E-state index contributed by atoms with van der Waals surface area (Å²) in [7, 11) is 0. The molecule has 126 valence electrons. The normalized spacial score (nSPS) is 11.8. The second-order valence-corrected chi connectivity index (χ2v) is 6.82. The van der Waals surface area contributed by atoms with Gasteiger partial charge in [-0.1, -0.05) is 60.7 Å². The van der Waals surface area contributed by atoms with E-state index in [2.05, 4.69) is 54.6 Å². The summed E-state index contributed by atoms with van der Waals surface area (Å²) in [6, 6.07) is 25.3. The average molecular weight is 338 g/mol. The molecular weight excluding hydrogens is 320 g/mol. The van der Waals surface area contributed by atoms with Gasteiger partial charge >= 0.3 is 0 Å². The van der Waals surface area contributed by atoms with Gasteiger partial charge in [0, 0.05) is 0 Å². The SMILES string of the molecule is OCc1cc(CO)cc(-c2ccc3ccc4cccc5ccc2c3c45)c1. The summed E-state index contributed by atoms with van der Waals surface area (Å²) >= 11 is 0. The van der Waals surface area contributed by atoms with Crippen molar-refractivity contribution in [2.45, 2.75) is 13.2 Å². The van der Waals surface area contributed by atoms with E-state index in [-0.39, 0.29) is 13.2 Å². The zero-order valence-corrected chi connectivity index (χ0v) is 14.2. The first-order valence-corrected chi connectivity index (χ1v) is 8.80. The van der Waals surface area contributed by atoms with Crippen LogP contribution < -0.4 is 0 Å². The van der Waals surface area contributed by atoms with Gasteiger partial charge in [0.05, 0.1) is 13.2 Å². The Morgan fingerprint density at radius 3 is 1.81 bits per heavy atom. The molecule has 0 atom stereocenters. The zero-order chi connectivity index (χ0) is 17.7. The van der Waals surface area contributed by atoms with Crippen LogP contribution in [-0.4, -0.2) is 10.2 Å². The Bertz CT molecular complexity index is 1220. The second-order valence-electron chi connectivity index (χ2n) is 6.82. The highest BCUT2D eigenvalue weighted by Gasteiger charge is 2.12. The van der Waals surface area contributed by atoms with E-state index in [1.165, 1.54) is 32.3 Å². The predicted octanol–water partition coefficient (Wildman–Crippen LogP) is 5.24. The molecule has 0 spiro atoms. The van der Waals surface area contributed by atoms with Gasteiger partial charge < -0.3 is 10.2 Å². The van der Waals surface area contributed by atoms with Crippen LogP contribution in [-0.2, 0) is 13.2 Å². The van der Waals surface area contributed by atoms with Crippen LogP contribution >= 0.6 is 0 Å². The minimum absolute atomic E-state index is 0.0350. The lowest BCUT2D eigenvalue weighted by atomic mass is 9.89. The highest BCUT2D eigenvalue weighted by Crippen LogP contribution is 2.39. The third kappa shape index (κ3) is 2.20.